The Hall–Kier alpha value is -1.15. The van der Waals surface area contributed by atoms with E-state index in [9.17, 15) is 0 Å². The van der Waals surface area contributed by atoms with Crippen LogP contribution in [0.2, 0.25) is 0 Å². The van der Waals surface area contributed by atoms with Gasteiger partial charge in [-0.2, -0.15) is 0 Å². The first-order chi connectivity index (χ1) is 7.30. The molecule has 2 nitrogen and oxygen atoms in total. The number of fused-ring (bicyclic) bond motifs is 2. The first kappa shape index (κ1) is 10.4. The number of allylic oxidation sites excluding steroid dienone is 1. The molecule has 2 aliphatic rings. The van der Waals surface area contributed by atoms with E-state index in [0.717, 1.165) is 18.2 Å². The van der Waals surface area contributed by atoms with Crippen LogP contribution in [0.3, 0.4) is 0 Å². The summed E-state index contributed by atoms with van der Waals surface area (Å²) >= 11 is 0. The van der Waals surface area contributed by atoms with E-state index in [4.69, 9.17) is 0 Å². The molecule has 1 heterocycles. The van der Waals surface area contributed by atoms with Gasteiger partial charge in [-0.1, -0.05) is 26.2 Å². The van der Waals surface area contributed by atoms with Crippen LogP contribution in [0.1, 0.15) is 13.3 Å². The molecule has 1 aliphatic heterocycles. The number of hydrogen-bond donors (Lipinski definition) is 0. The summed E-state index contributed by atoms with van der Waals surface area (Å²) in [5.74, 6) is 0.722. The van der Waals surface area contributed by atoms with Crippen molar-refractivity contribution in [2.24, 2.45) is 10.9 Å². The van der Waals surface area contributed by atoms with Crippen LogP contribution in [-0.4, -0.2) is 29.7 Å². The van der Waals surface area contributed by atoms with Gasteiger partial charge >= 0.3 is 0 Å². The van der Waals surface area contributed by atoms with Crippen molar-refractivity contribution in [3.05, 3.63) is 37.1 Å². The van der Waals surface area contributed by atoms with Gasteiger partial charge in [-0.25, -0.2) is 0 Å². The third-order valence-corrected chi connectivity index (χ3v) is 3.34. The van der Waals surface area contributed by atoms with E-state index in [1.165, 1.54) is 18.5 Å². The average molecular weight is 202 g/mol. The highest BCUT2D eigenvalue weighted by molar-refractivity contribution is 6.09. The molecule has 2 rings (SSSR count). The lowest BCUT2D eigenvalue weighted by Gasteiger charge is -2.26. The molecule has 0 aromatic carbocycles. The van der Waals surface area contributed by atoms with Crippen molar-refractivity contribution >= 4 is 5.71 Å². The molecule has 2 bridgehead atoms. The molecule has 0 aromatic rings. The van der Waals surface area contributed by atoms with Crippen LogP contribution in [0.5, 0.6) is 0 Å². The number of likely N-dealkylation sites (tertiary alicyclic amines) is 1. The third kappa shape index (κ3) is 1.70. The molecule has 0 spiro atoms. The fourth-order valence-corrected chi connectivity index (χ4v) is 2.70. The van der Waals surface area contributed by atoms with Gasteiger partial charge in [0.05, 0.1) is 5.71 Å². The zero-order valence-corrected chi connectivity index (χ0v) is 9.32. The van der Waals surface area contributed by atoms with Crippen LogP contribution < -0.4 is 0 Å². The maximum atomic E-state index is 4.28. The highest BCUT2D eigenvalue weighted by Crippen LogP contribution is 2.37. The number of hydrogen-bond acceptors (Lipinski definition) is 2. The zero-order chi connectivity index (χ0) is 10.8. The fourth-order valence-electron chi connectivity index (χ4n) is 2.70. The molecule has 1 saturated heterocycles. The Morgan fingerprint density at radius 2 is 2.47 bits per heavy atom. The molecular formula is C13H18N2. The minimum Gasteiger partial charge on any atom is -0.296 e. The average Bonchev–Trinajstić information content (AvgIpc) is 2.84. The molecular weight excluding hydrogens is 184 g/mol. The van der Waals surface area contributed by atoms with Crippen molar-refractivity contribution in [3.8, 4) is 0 Å². The second-order valence-corrected chi connectivity index (χ2v) is 4.12. The van der Waals surface area contributed by atoms with Crippen LogP contribution in [0.25, 0.3) is 0 Å². The molecule has 2 heteroatoms. The van der Waals surface area contributed by atoms with Gasteiger partial charge in [-0.05, 0) is 30.5 Å². The predicted molar refractivity (Wildman–Crippen MR) is 65.1 cm³/mol. The van der Waals surface area contributed by atoms with Crippen LogP contribution in [0, 0.1) is 5.92 Å². The zero-order valence-electron chi connectivity index (χ0n) is 9.32. The minimum atomic E-state index is 0.566. The molecule has 80 valence electrons. The molecule has 15 heavy (non-hydrogen) atoms. The lowest BCUT2D eigenvalue weighted by Crippen LogP contribution is -2.34. The summed E-state index contributed by atoms with van der Waals surface area (Å²) in [6, 6.07) is 0.566. The Bertz CT molecular complexity index is 338. The second-order valence-electron chi connectivity index (χ2n) is 4.12. The Balaban J connectivity index is 2.25. The van der Waals surface area contributed by atoms with Gasteiger partial charge in [-0.15, -0.1) is 0 Å². The minimum absolute atomic E-state index is 0.566. The van der Waals surface area contributed by atoms with Gasteiger partial charge in [-0.3, -0.25) is 9.89 Å². The Morgan fingerprint density at radius 3 is 3.00 bits per heavy atom. The SMILES string of the molecule is C=CN=C(C=C)C1=C[C@@H]2CC1N(CC)C2. The van der Waals surface area contributed by atoms with Gasteiger partial charge in [0.25, 0.3) is 0 Å². The summed E-state index contributed by atoms with van der Waals surface area (Å²) in [4.78, 5) is 6.80. The molecule has 1 fully saturated rings. The van der Waals surface area contributed by atoms with Gasteiger partial charge < -0.3 is 0 Å². The Labute approximate surface area is 91.7 Å². The van der Waals surface area contributed by atoms with Gasteiger partial charge in [0.2, 0.25) is 0 Å². The van der Waals surface area contributed by atoms with E-state index in [2.05, 4.69) is 36.0 Å². The molecule has 0 aromatic heterocycles. The molecule has 0 amide bonds. The monoisotopic (exact) mass is 202 g/mol. The summed E-state index contributed by atoms with van der Waals surface area (Å²) in [7, 11) is 0. The van der Waals surface area contributed by atoms with E-state index >= 15 is 0 Å². The Kier molecular flexibility index (Phi) is 2.87. The van der Waals surface area contributed by atoms with Crippen molar-refractivity contribution < 1.29 is 0 Å². The normalized spacial score (nSPS) is 30.5. The highest BCUT2D eigenvalue weighted by Gasteiger charge is 2.39. The van der Waals surface area contributed by atoms with Crippen LogP contribution >= 0.6 is 0 Å². The Morgan fingerprint density at radius 1 is 1.67 bits per heavy atom. The van der Waals surface area contributed by atoms with Crippen molar-refractivity contribution in [1.29, 1.82) is 0 Å². The number of aliphatic imine (C=N–C) groups is 1. The van der Waals surface area contributed by atoms with E-state index < -0.39 is 0 Å². The topological polar surface area (TPSA) is 15.6 Å². The first-order valence-corrected chi connectivity index (χ1v) is 5.57. The van der Waals surface area contributed by atoms with Crippen molar-refractivity contribution in [2.45, 2.75) is 19.4 Å². The molecule has 1 aliphatic carbocycles. The lowest BCUT2D eigenvalue weighted by molar-refractivity contribution is 0.290. The lowest BCUT2D eigenvalue weighted by atomic mass is 10.0. The van der Waals surface area contributed by atoms with Crippen molar-refractivity contribution in [2.75, 3.05) is 13.1 Å². The predicted octanol–water partition coefficient (Wildman–Crippen LogP) is 2.41. The highest BCUT2D eigenvalue weighted by atomic mass is 15.2. The summed E-state index contributed by atoms with van der Waals surface area (Å²) in [5, 5.41) is 0. The van der Waals surface area contributed by atoms with Gasteiger partial charge in [0.1, 0.15) is 0 Å². The molecule has 0 saturated carbocycles. The smallest absolute Gasteiger partial charge is 0.0668 e. The van der Waals surface area contributed by atoms with Crippen LogP contribution in [-0.2, 0) is 0 Å². The summed E-state index contributed by atoms with van der Waals surface area (Å²) in [6.45, 7) is 12.0. The van der Waals surface area contributed by atoms with Crippen LogP contribution in [0.4, 0.5) is 0 Å². The van der Waals surface area contributed by atoms with E-state index in [-0.39, 0.29) is 0 Å². The maximum absolute atomic E-state index is 4.28. The van der Waals surface area contributed by atoms with Gasteiger partial charge in [0, 0.05) is 18.8 Å². The summed E-state index contributed by atoms with van der Waals surface area (Å²) < 4.78 is 0. The van der Waals surface area contributed by atoms with E-state index in [1.54, 1.807) is 6.20 Å². The summed E-state index contributed by atoms with van der Waals surface area (Å²) in [6.07, 6.45) is 7.05. The number of rotatable bonds is 4. The van der Waals surface area contributed by atoms with Crippen molar-refractivity contribution in [1.82, 2.24) is 4.90 Å². The van der Waals surface area contributed by atoms with E-state index in [1.807, 2.05) is 6.08 Å². The summed E-state index contributed by atoms with van der Waals surface area (Å²) in [5.41, 5.74) is 2.35. The molecule has 2 atom stereocenters. The standard InChI is InChI=1S/C13H18N2/c1-4-12(14-5-2)11-7-10-8-13(11)15(6-3)9-10/h4-5,7,10,13H,1-2,6,8-9H2,3H3/t10-,13?/m1/s1. The fraction of sp³-hybridized carbons (Fsp3) is 0.462. The molecule has 1 unspecified atom stereocenters. The molecule has 0 radical (unpaired) electrons. The first-order valence-electron chi connectivity index (χ1n) is 5.57. The van der Waals surface area contributed by atoms with E-state index in [0.29, 0.717) is 6.04 Å². The number of nitrogens with zero attached hydrogens (tertiary/aromatic N) is 2. The van der Waals surface area contributed by atoms with Gasteiger partial charge in [0.15, 0.2) is 0 Å². The third-order valence-electron chi connectivity index (χ3n) is 3.34. The van der Waals surface area contributed by atoms with Crippen LogP contribution in [0.15, 0.2) is 42.1 Å². The second kappa shape index (κ2) is 4.15. The largest absolute Gasteiger partial charge is 0.296 e. The molecule has 0 N–H and O–H groups in total. The van der Waals surface area contributed by atoms with Crippen molar-refractivity contribution in [3.63, 3.8) is 0 Å². The number of likely N-dealkylation sites (N-methyl/N-ethyl adjacent to an activating group) is 1. The quantitative estimate of drug-likeness (QED) is 0.639. The maximum Gasteiger partial charge on any atom is 0.0668 e.